The molecule has 31 heavy (non-hydrogen) atoms. The predicted molar refractivity (Wildman–Crippen MR) is 130 cm³/mol. The third kappa shape index (κ3) is 5.35. The third-order valence-electron chi connectivity index (χ3n) is 5.09. The van der Waals surface area contributed by atoms with Gasteiger partial charge in [0.2, 0.25) is 5.91 Å². The molecule has 0 N–H and O–H groups in total. The average Bonchev–Trinajstić information content (AvgIpc) is 3.40. The van der Waals surface area contributed by atoms with Crippen molar-refractivity contribution in [3.8, 4) is 0 Å². The van der Waals surface area contributed by atoms with Gasteiger partial charge in [0.25, 0.3) is 0 Å². The second kappa shape index (κ2) is 9.66. The number of carbonyl (C=O) groups is 1. The van der Waals surface area contributed by atoms with Crippen LogP contribution in [-0.4, -0.2) is 32.7 Å². The highest BCUT2D eigenvalue weighted by Gasteiger charge is 2.20. The Kier molecular flexibility index (Phi) is 6.73. The molecular formula is C24H26N4OS2. The van der Waals surface area contributed by atoms with Crippen molar-refractivity contribution in [2.24, 2.45) is 0 Å². The Labute approximate surface area is 191 Å². The van der Waals surface area contributed by atoms with Crippen LogP contribution in [0.2, 0.25) is 0 Å². The van der Waals surface area contributed by atoms with Crippen LogP contribution in [0.3, 0.4) is 0 Å². The topological polar surface area (TPSA) is 51.0 Å². The van der Waals surface area contributed by atoms with Crippen LogP contribution in [0.4, 0.5) is 5.13 Å². The van der Waals surface area contributed by atoms with Gasteiger partial charge in [-0.15, -0.1) is 11.8 Å². The number of aryl methyl sites for hydroxylation is 4. The molecule has 0 radical (unpaired) electrons. The molecular weight excluding hydrogens is 424 g/mol. The Bertz CT molecular complexity index is 1170. The number of aromatic nitrogens is 3. The first-order chi connectivity index (χ1) is 15.0. The first-order valence-corrected chi connectivity index (χ1v) is 12.1. The molecule has 4 aromatic rings. The van der Waals surface area contributed by atoms with E-state index in [1.807, 2.05) is 22.0 Å². The first kappa shape index (κ1) is 21.6. The maximum absolute atomic E-state index is 13.3. The molecule has 1 amide bonds. The van der Waals surface area contributed by atoms with E-state index < -0.39 is 0 Å². The molecule has 2 aromatic carbocycles. The summed E-state index contributed by atoms with van der Waals surface area (Å²) in [5, 5.41) is 0.781. The van der Waals surface area contributed by atoms with Gasteiger partial charge in [-0.25, -0.2) is 9.97 Å². The number of benzene rings is 2. The Morgan fingerprint density at radius 1 is 1.13 bits per heavy atom. The largest absolute Gasteiger partial charge is 0.337 e. The number of thiazole rings is 1. The lowest BCUT2D eigenvalue weighted by Gasteiger charge is -2.20. The second-order valence-corrected chi connectivity index (χ2v) is 9.78. The zero-order chi connectivity index (χ0) is 21.8. The maximum Gasteiger partial charge on any atom is 0.239 e. The zero-order valence-electron chi connectivity index (χ0n) is 18.0. The van der Waals surface area contributed by atoms with E-state index in [-0.39, 0.29) is 5.91 Å². The summed E-state index contributed by atoms with van der Waals surface area (Å²) in [6, 6.07) is 12.6. The minimum atomic E-state index is 0.0876. The Balaban J connectivity index is 1.53. The fourth-order valence-corrected chi connectivity index (χ4v) is 5.45. The molecule has 4 rings (SSSR count). The molecule has 160 valence electrons. The minimum absolute atomic E-state index is 0.0876. The molecule has 0 aliphatic rings. The summed E-state index contributed by atoms with van der Waals surface area (Å²) in [5.74, 6) is 0.479. The van der Waals surface area contributed by atoms with E-state index in [0.29, 0.717) is 12.3 Å². The fraction of sp³-hybridized carbons (Fsp3) is 0.292. The molecule has 0 aliphatic heterocycles. The predicted octanol–water partition coefficient (Wildman–Crippen LogP) is 5.63. The monoisotopic (exact) mass is 450 g/mol. The summed E-state index contributed by atoms with van der Waals surface area (Å²) in [4.78, 5) is 25.2. The Hall–Kier alpha value is -2.64. The highest BCUT2D eigenvalue weighted by molar-refractivity contribution is 8.00. The van der Waals surface area contributed by atoms with Crippen LogP contribution in [0.5, 0.6) is 0 Å². The molecule has 5 nitrogen and oxygen atoms in total. The van der Waals surface area contributed by atoms with E-state index in [1.165, 1.54) is 11.1 Å². The Morgan fingerprint density at radius 2 is 1.94 bits per heavy atom. The van der Waals surface area contributed by atoms with Crippen molar-refractivity contribution >= 4 is 44.4 Å². The van der Waals surface area contributed by atoms with E-state index in [4.69, 9.17) is 4.98 Å². The van der Waals surface area contributed by atoms with Crippen molar-refractivity contribution in [2.45, 2.75) is 38.6 Å². The van der Waals surface area contributed by atoms with Gasteiger partial charge in [-0.05, 0) is 56.5 Å². The van der Waals surface area contributed by atoms with Crippen molar-refractivity contribution in [3.63, 3.8) is 0 Å². The molecule has 0 aliphatic carbocycles. The number of hydrogen-bond acceptors (Lipinski definition) is 5. The van der Waals surface area contributed by atoms with Crippen LogP contribution in [0.25, 0.3) is 10.2 Å². The number of nitrogens with zero attached hydrogens (tertiary/aromatic N) is 4. The number of thioether (sulfide) groups is 1. The van der Waals surface area contributed by atoms with Crippen molar-refractivity contribution in [3.05, 3.63) is 71.8 Å². The Morgan fingerprint density at radius 3 is 2.68 bits per heavy atom. The molecule has 2 heterocycles. The number of imidazole rings is 1. The SMILES string of the molecule is Cc1ccc(SCC(=O)N(CCCn2ccnc2)c2nc3c(C)cc(C)cc3s2)cc1. The highest BCUT2D eigenvalue weighted by Crippen LogP contribution is 2.32. The van der Waals surface area contributed by atoms with E-state index >= 15 is 0 Å². The second-order valence-electron chi connectivity index (χ2n) is 7.73. The standard InChI is InChI=1S/C24H26N4OS2/c1-17-5-7-20(8-6-17)30-15-22(29)28(11-4-10-27-12-9-25-16-27)24-26-23-19(3)13-18(2)14-21(23)31-24/h5-9,12-14,16H,4,10-11,15H2,1-3H3. The number of hydrogen-bond donors (Lipinski definition) is 0. The van der Waals surface area contributed by atoms with E-state index in [2.05, 4.69) is 62.2 Å². The third-order valence-corrected chi connectivity index (χ3v) is 7.11. The molecule has 0 saturated carbocycles. The number of rotatable bonds is 8. The number of anilines is 1. The molecule has 0 spiro atoms. The van der Waals surface area contributed by atoms with Crippen LogP contribution in [0, 0.1) is 20.8 Å². The van der Waals surface area contributed by atoms with Gasteiger partial charge in [0.05, 0.1) is 22.3 Å². The quantitative estimate of drug-likeness (QED) is 0.326. The van der Waals surface area contributed by atoms with Crippen molar-refractivity contribution in [2.75, 3.05) is 17.2 Å². The number of fused-ring (bicyclic) bond motifs is 1. The van der Waals surface area contributed by atoms with Crippen LogP contribution in [-0.2, 0) is 11.3 Å². The summed E-state index contributed by atoms with van der Waals surface area (Å²) in [7, 11) is 0. The lowest BCUT2D eigenvalue weighted by atomic mass is 10.1. The van der Waals surface area contributed by atoms with Crippen LogP contribution in [0.1, 0.15) is 23.1 Å². The molecule has 0 saturated heterocycles. The lowest BCUT2D eigenvalue weighted by Crippen LogP contribution is -2.33. The normalized spacial score (nSPS) is 11.2. The highest BCUT2D eigenvalue weighted by atomic mass is 32.2. The smallest absolute Gasteiger partial charge is 0.239 e. The summed E-state index contributed by atoms with van der Waals surface area (Å²) in [6.07, 6.45) is 6.37. The molecule has 7 heteroatoms. The van der Waals surface area contributed by atoms with Gasteiger partial charge in [-0.2, -0.15) is 0 Å². The van der Waals surface area contributed by atoms with E-state index in [9.17, 15) is 4.79 Å². The summed E-state index contributed by atoms with van der Waals surface area (Å²) in [6.45, 7) is 7.69. The fourth-order valence-electron chi connectivity index (χ4n) is 3.49. The van der Waals surface area contributed by atoms with Crippen LogP contribution < -0.4 is 4.90 Å². The van der Waals surface area contributed by atoms with Gasteiger partial charge in [0.1, 0.15) is 0 Å². The molecule has 0 bridgehead atoms. The molecule has 0 atom stereocenters. The molecule has 2 aromatic heterocycles. The maximum atomic E-state index is 13.3. The summed E-state index contributed by atoms with van der Waals surface area (Å²) >= 11 is 3.17. The zero-order valence-corrected chi connectivity index (χ0v) is 19.7. The van der Waals surface area contributed by atoms with Gasteiger partial charge in [0.15, 0.2) is 5.13 Å². The van der Waals surface area contributed by atoms with Gasteiger partial charge in [-0.1, -0.05) is 35.1 Å². The number of amides is 1. The minimum Gasteiger partial charge on any atom is -0.337 e. The molecule has 0 fully saturated rings. The number of carbonyl (C=O) groups excluding carboxylic acids is 1. The average molecular weight is 451 g/mol. The van der Waals surface area contributed by atoms with Crippen LogP contribution >= 0.6 is 23.1 Å². The van der Waals surface area contributed by atoms with Gasteiger partial charge < -0.3 is 4.57 Å². The van der Waals surface area contributed by atoms with E-state index in [1.54, 1.807) is 29.3 Å². The van der Waals surface area contributed by atoms with Crippen molar-refractivity contribution in [1.82, 2.24) is 14.5 Å². The van der Waals surface area contributed by atoms with Crippen LogP contribution in [0.15, 0.2) is 60.0 Å². The van der Waals surface area contributed by atoms with Gasteiger partial charge in [-0.3, -0.25) is 9.69 Å². The van der Waals surface area contributed by atoms with Gasteiger partial charge in [0, 0.05) is 30.4 Å². The summed E-state index contributed by atoms with van der Waals surface area (Å²) in [5.41, 5.74) is 4.58. The first-order valence-electron chi connectivity index (χ1n) is 10.3. The van der Waals surface area contributed by atoms with E-state index in [0.717, 1.165) is 38.8 Å². The summed E-state index contributed by atoms with van der Waals surface area (Å²) < 4.78 is 3.17. The van der Waals surface area contributed by atoms with Gasteiger partial charge >= 0.3 is 0 Å². The van der Waals surface area contributed by atoms with Crippen molar-refractivity contribution < 1.29 is 4.79 Å². The lowest BCUT2D eigenvalue weighted by molar-refractivity contribution is -0.116. The van der Waals surface area contributed by atoms with Crippen molar-refractivity contribution in [1.29, 1.82) is 0 Å². The molecule has 0 unspecified atom stereocenters.